The van der Waals surface area contributed by atoms with Crippen LogP contribution in [0.4, 0.5) is 0 Å². The van der Waals surface area contributed by atoms with Crippen LogP contribution < -0.4 is 5.32 Å². The van der Waals surface area contributed by atoms with Gasteiger partial charge in [0.05, 0.1) is 12.3 Å². The number of aryl methyl sites for hydroxylation is 2. The number of piperidine rings is 1. The summed E-state index contributed by atoms with van der Waals surface area (Å²) in [5.41, 5.74) is 0.460. The van der Waals surface area contributed by atoms with Crippen LogP contribution >= 0.6 is 0 Å². The Morgan fingerprint density at radius 3 is 2.91 bits per heavy atom. The van der Waals surface area contributed by atoms with Crippen molar-refractivity contribution in [1.29, 1.82) is 0 Å². The number of amides is 1. The lowest BCUT2D eigenvalue weighted by molar-refractivity contribution is -0.157. The number of carbonyl (C=O) groups excluding carboxylic acids is 1. The van der Waals surface area contributed by atoms with E-state index in [4.69, 9.17) is 9.26 Å². The van der Waals surface area contributed by atoms with Crippen molar-refractivity contribution in [3.63, 3.8) is 0 Å². The van der Waals surface area contributed by atoms with Gasteiger partial charge in [0.2, 0.25) is 0 Å². The number of aromatic nitrogens is 1. The van der Waals surface area contributed by atoms with E-state index in [-0.39, 0.29) is 12.5 Å². The van der Waals surface area contributed by atoms with E-state index in [1.165, 1.54) is 0 Å². The molecule has 2 heterocycles. The highest BCUT2D eigenvalue weighted by Gasteiger charge is 2.41. The van der Waals surface area contributed by atoms with Crippen LogP contribution in [0, 0.1) is 13.8 Å². The van der Waals surface area contributed by atoms with E-state index in [1.54, 1.807) is 12.0 Å². The number of aliphatic hydroxyl groups is 1. The predicted molar refractivity (Wildman–Crippen MR) is 80.3 cm³/mol. The lowest BCUT2D eigenvalue weighted by Gasteiger charge is -2.38. The van der Waals surface area contributed by atoms with Crippen LogP contribution in [0.3, 0.4) is 0 Å². The van der Waals surface area contributed by atoms with Crippen LogP contribution in [-0.2, 0) is 16.1 Å². The number of rotatable bonds is 7. The lowest BCUT2D eigenvalue weighted by atomic mass is 9.91. The minimum atomic E-state index is -1.34. The zero-order valence-corrected chi connectivity index (χ0v) is 13.5. The molecule has 0 aliphatic carbocycles. The molecule has 0 unspecified atom stereocenters. The number of ether oxygens (including phenoxy) is 1. The minimum absolute atomic E-state index is 0.220. The fraction of sp³-hybridized carbons (Fsp3) is 0.733. The van der Waals surface area contributed by atoms with Gasteiger partial charge in [-0.25, -0.2) is 0 Å². The van der Waals surface area contributed by atoms with Gasteiger partial charge in [-0.1, -0.05) is 5.16 Å². The fourth-order valence-corrected chi connectivity index (χ4v) is 2.79. The first-order valence-corrected chi connectivity index (χ1v) is 7.61. The normalized spacial score (nSPS) is 22.4. The van der Waals surface area contributed by atoms with Crippen LogP contribution in [0.5, 0.6) is 0 Å². The second-order valence-electron chi connectivity index (χ2n) is 5.83. The van der Waals surface area contributed by atoms with Crippen molar-refractivity contribution in [3.8, 4) is 0 Å². The maximum absolute atomic E-state index is 12.4. The first kappa shape index (κ1) is 16.9. The van der Waals surface area contributed by atoms with Crippen LogP contribution in [-0.4, -0.2) is 60.0 Å². The van der Waals surface area contributed by atoms with E-state index in [1.807, 2.05) is 13.8 Å². The van der Waals surface area contributed by atoms with Gasteiger partial charge in [0.15, 0.2) is 5.60 Å². The van der Waals surface area contributed by atoms with Gasteiger partial charge in [-0.3, -0.25) is 4.79 Å². The number of nitrogens with one attached hydrogen (secondary N) is 1. The summed E-state index contributed by atoms with van der Waals surface area (Å²) in [4.78, 5) is 14.1. The highest BCUT2D eigenvalue weighted by molar-refractivity contribution is 5.86. The topological polar surface area (TPSA) is 87.8 Å². The molecule has 1 aromatic heterocycles. The smallest absolute Gasteiger partial charge is 0.255 e. The lowest BCUT2D eigenvalue weighted by Crippen LogP contribution is -2.58. The molecular weight excluding hydrogens is 286 g/mol. The Hall–Kier alpha value is -1.44. The average Bonchev–Trinajstić information content (AvgIpc) is 2.81. The minimum Gasteiger partial charge on any atom is -0.383 e. The maximum Gasteiger partial charge on any atom is 0.255 e. The predicted octanol–water partition coefficient (Wildman–Crippen LogP) is 0.381. The number of carbonyl (C=O) groups is 1. The maximum atomic E-state index is 12.4. The molecule has 1 aliphatic rings. The molecule has 124 valence electrons. The van der Waals surface area contributed by atoms with Gasteiger partial charge < -0.3 is 24.6 Å². The summed E-state index contributed by atoms with van der Waals surface area (Å²) >= 11 is 0. The highest BCUT2D eigenvalue weighted by Crippen LogP contribution is 2.22. The zero-order valence-electron chi connectivity index (χ0n) is 13.5. The summed E-state index contributed by atoms with van der Waals surface area (Å²) < 4.78 is 10.1. The van der Waals surface area contributed by atoms with E-state index in [9.17, 15) is 9.90 Å². The highest BCUT2D eigenvalue weighted by atomic mass is 16.5. The standard InChI is InChI=1S/C15H25N3O4/c1-11-13(12(2)22-17-11)9-16-10-15(20)5-4-6-18(14(15)19)7-8-21-3/h16,20H,4-10H2,1-3H3/t15-/m0/s1. The van der Waals surface area contributed by atoms with Gasteiger partial charge in [-0.2, -0.15) is 0 Å². The number of hydrogen-bond donors (Lipinski definition) is 2. The molecule has 22 heavy (non-hydrogen) atoms. The average molecular weight is 311 g/mol. The second kappa shape index (κ2) is 7.21. The Morgan fingerprint density at radius 1 is 1.50 bits per heavy atom. The SMILES string of the molecule is COCCN1CCC[C@](O)(CNCc2c(C)noc2C)C1=O. The van der Waals surface area contributed by atoms with Gasteiger partial charge in [0.25, 0.3) is 5.91 Å². The summed E-state index contributed by atoms with van der Waals surface area (Å²) in [5.74, 6) is 0.538. The third kappa shape index (κ3) is 3.66. The van der Waals surface area contributed by atoms with Crippen LogP contribution in [0.15, 0.2) is 4.52 Å². The van der Waals surface area contributed by atoms with Crippen molar-refractivity contribution in [2.24, 2.45) is 0 Å². The van der Waals surface area contributed by atoms with Crippen molar-refractivity contribution in [1.82, 2.24) is 15.4 Å². The molecule has 1 atom stereocenters. The van der Waals surface area contributed by atoms with Gasteiger partial charge in [-0.15, -0.1) is 0 Å². The van der Waals surface area contributed by atoms with Gasteiger partial charge in [0.1, 0.15) is 5.76 Å². The number of hydrogen-bond acceptors (Lipinski definition) is 6. The van der Waals surface area contributed by atoms with Crippen molar-refractivity contribution in [2.75, 3.05) is 33.4 Å². The monoisotopic (exact) mass is 311 g/mol. The van der Waals surface area contributed by atoms with Crippen molar-refractivity contribution in [3.05, 3.63) is 17.0 Å². The molecule has 0 radical (unpaired) electrons. The third-order valence-electron chi connectivity index (χ3n) is 4.17. The van der Waals surface area contributed by atoms with Crippen LogP contribution in [0.25, 0.3) is 0 Å². The molecule has 2 rings (SSSR count). The molecule has 0 bridgehead atoms. The number of methoxy groups -OCH3 is 1. The first-order valence-electron chi connectivity index (χ1n) is 7.61. The van der Waals surface area contributed by atoms with E-state index < -0.39 is 5.60 Å². The van der Waals surface area contributed by atoms with E-state index in [2.05, 4.69) is 10.5 Å². The zero-order chi connectivity index (χ0) is 16.2. The molecular formula is C15H25N3O4. The van der Waals surface area contributed by atoms with E-state index in [0.29, 0.717) is 32.7 Å². The number of nitrogens with zero attached hydrogens (tertiary/aromatic N) is 2. The Kier molecular flexibility index (Phi) is 5.55. The van der Waals surface area contributed by atoms with E-state index >= 15 is 0 Å². The Bertz CT molecular complexity index is 497. The van der Waals surface area contributed by atoms with Gasteiger partial charge >= 0.3 is 0 Å². The molecule has 2 N–H and O–H groups in total. The molecule has 1 fully saturated rings. The van der Waals surface area contributed by atoms with Crippen LogP contribution in [0.1, 0.15) is 29.9 Å². The van der Waals surface area contributed by atoms with Gasteiger partial charge in [-0.05, 0) is 26.7 Å². The third-order valence-corrected chi connectivity index (χ3v) is 4.17. The number of likely N-dealkylation sites (tertiary alicyclic amines) is 1. The quantitative estimate of drug-likeness (QED) is 0.757. The Morgan fingerprint density at radius 2 is 2.27 bits per heavy atom. The molecule has 1 amide bonds. The Labute approximate surface area is 130 Å². The summed E-state index contributed by atoms with van der Waals surface area (Å²) in [5, 5.41) is 17.7. The molecule has 0 spiro atoms. The van der Waals surface area contributed by atoms with Crippen molar-refractivity contribution < 1.29 is 19.2 Å². The first-order chi connectivity index (χ1) is 10.5. The summed E-state index contributed by atoms with van der Waals surface area (Å²) in [6, 6.07) is 0. The molecule has 1 saturated heterocycles. The molecule has 1 aromatic rings. The fourth-order valence-electron chi connectivity index (χ4n) is 2.79. The molecule has 7 heteroatoms. The summed E-state index contributed by atoms with van der Waals surface area (Å²) in [6.07, 6.45) is 1.27. The van der Waals surface area contributed by atoms with E-state index in [0.717, 1.165) is 23.4 Å². The Balaban J connectivity index is 1.91. The van der Waals surface area contributed by atoms with Gasteiger partial charge in [0, 0.05) is 38.9 Å². The van der Waals surface area contributed by atoms with Crippen molar-refractivity contribution >= 4 is 5.91 Å². The largest absolute Gasteiger partial charge is 0.383 e. The van der Waals surface area contributed by atoms with Crippen LogP contribution in [0.2, 0.25) is 0 Å². The molecule has 1 aliphatic heterocycles. The molecule has 0 saturated carbocycles. The second-order valence-corrected chi connectivity index (χ2v) is 5.83. The summed E-state index contributed by atoms with van der Waals surface area (Å²) in [7, 11) is 1.60. The molecule has 7 nitrogen and oxygen atoms in total. The summed E-state index contributed by atoms with van der Waals surface area (Å²) in [6.45, 7) is 6.14. The molecule has 0 aromatic carbocycles. The van der Waals surface area contributed by atoms with Crippen molar-refractivity contribution in [2.45, 2.75) is 38.8 Å².